The smallest absolute Gasteiger partial charge is 0.152 e. The van der Waals surface area contributed by atoms with Crippen molar-refractivity contribution in [3.05, 3.63) is 41.3 Å². The van der Waals surface area contributed by atoms with Gasteiger partial charge in [-0.05, 0) is 31.5 Å². The fourth-order valence-electron chi connectivity index (χ4n) is 2.09. The molecule has 0 aromatic carbocycles. The molecular formula is C13H14N2O. The first-order chi connectivity index (χ1) is 7.66. The minimum atomic E-state index is 0.779. The van der Waals surface area contributed by atoms with Crippen LogP contribution in [0.25, 0.3) is 11.3 Å². The molecule has 0 radical (unpaired) electrons. The van der Waals surface area contributed by atoms with Crippen molar-refractivity contribution in [2.24, 2.45) is 7.05 Å². The number of pyridine rings is 1. The van der Waals surface area contributed by atoms with Crippen LogP contribution < -0.4 is 0 Å². The van der Waals surface area contributed by atoms with E-state index in [1.54, 1.807) is 6.20 Å². The van der Waals surface area contributed by atoms with Gasteiger partial charge in [-0.2, -0.15) is 0 Å². The molecule has 0 saturated heterocycles. The number of hydrogen-bond acceptors (Lipinski definition) is 2. The number of carbonyl (C=O) groups excluding carboxylic acids is 1. The Bertz CT molecular complexity index is 527. The monoisotopic (exact) mass is 214 g/mol. The zero-order valence-corrected chi connectivity index (χ0v) is 9.69. The summed E-state index contributed by atoms with van der Waals surface area (Å²) in [5, 5.41) is 0. The van der Waals surface area contributed by atoms with Crippen molar-refractivity contribution >= 4 is 6.29 Å². The molecule has 82 valence electrons. The van der Waals surface area contributed by atoms with Crippen LogP contribution >= 0.6 is 0 Å². The van der Waals surface area contributed by atoms with E-state index in [9.17, 15) is 4.79 Å². The van der Waals surface area contributed by atoms with Crippen LogP contribution in [-0.2, 0) is 7.05 Å². The molecule has 0 fully saturated rings. The van der Waals surface area contributed by atoms with Gasteiger partial charge in [0.25, 0.3) is 0 Å². The number of rotatable bonds is 2. The SMILES string of the molecule is Cc1c(C=O)c(C)n(C)c1-c1cccnc1. The van der Waals surface area contributed by atoms with Crippen molar-refractivity contribution in [1.29, 1.82) is 0 Å². The van der Waals surface area contributed by atoms with Gasteiger partial charge < -0.3 is 4.57 Å². The second kappa shape index (κ2) is 3.93. The Morgan fingerprint density at radius 2 is 2.12 bits per heavy atom. The van der Waals surface area contributed by atoms with E-state index in [0.717, 1.165) is 34.4 Å². The number of aromatic nitrogens is 2. The first-order valence-corrected chi connectivity index (χ1v) is 5.18. The van der Waals surface area contributed by atoms with Gasteiger partial charge in [0.05, 0.1) is 5.69 Å². The van der Waals surface area contributed by atoms with E-state index >= 15 is 0 Å². The van der Waals surface area contributed by atoms with Crippen molar-refractivity contribution in [2.75, 3.05) is 0 Å². The second-order valence-electron chi connectivity index (χ2n) is 3.89. The highest BCUT2D eigenvalue weighted by atomic mass is 16.1. The molecule has 3 nitrogen and oxygen atoms in total. The summed E-state index contributed by atoms with van der Waals surface area (Å²) in [4.78, 5) is 15.1. The van der Waals surface area contributed by atoms with Gasteiger partial charge in [0.2, 0.25) is 0 Å². The Labute approximate surface area is 94.7 Å². The van der Waals surface area contributed by atoms with E-state index < -0.39 is 0 Å². The molecule has 16 heavy (non-hydrogen) atoms. The van der Waals surface area contributed by atoms with E-state index in [-0.39, 0.29) is 0 Å². The summed E-state index contributed by atoms with van der Waals surface area (Å²) in [5.41, 5.74) is 4.89. The van der Waals surface area contributed by atoms with Gasteiger partial charge in [0.15, 0.2) is 6.29 Å². The van der Waals surface area contributed by atoms with Gasteiger partial charge in [-0.25, -0.2) is 0 Å². The van der Waals surface area contributed by atoms with Crippen molar-refractivity contribution in [1.82, 2.24) is 9.55 Å². The topological polar surface area (TPSA) is 34.9 Å². The van der Waals surface area contributed by atoms with Crippen molar-refractivity contribution in [3.8, 4) is 11.3 Å². The molecule has 3 heteroatoms. The van der Waals surface area contributed by atoms with Gasteiger partial charge in [-0.3, -0.25) is 9.78 Å². The summed E-state index contributed by atoms with van der Waals surface area (Å²) >= 11 is 0. The summed E-state index contributed by atoms with van der Waals surface area (Å²) in [6, 6.07) is 3.90. The van der Waals surface area contributed by atoms with Crippen molar-refractivity contribution < 1.29 is 4.79 Å². The van der Waals surface area contributed by atoms with Crippen molar-refractivity contribution in [3.63, 3.8) is 0 Å². The van der Waals surface area contributed by atoms with E-state index in [1.807, 2.05) is 43.8 Å². The maximum Gasteiger partial charge on any atom is 0.152 e. The van der Waals surface area contributed by atoms with Crippen LogP contribution in [0.4, 0.5) is 0 Å². The van der Waals surface area contributed by atoms with Crippen LogP contribution in [0.15, 0.2) is 24.5 Å². The molecule has 0 bridgehead atoms. The Morgan fingerprint density at radius 3 is 2.62 bits per heavy atom. The van der Waals surface area contributed by atoms with Crippen LogP contribution in [0.3, 0.4) is 0 Å². The van der Waals surface area contributed by atoms with Gasteiger partial charge >= 0.3 is 0 Å². The minimum Gasteiger partial charge on any atom is -0.347 e. The van der Waals surface area contributed by atoms with E-state index in [0.29, 0.717) is 0 Å². The molecule has 2 rings (SSSR count). The van der Waals surface area contributed by atoms with Gasteiger partial charge in [-0.1, -0.05) is 0 Å². The maximum absolute atomic E-state index is 11.0. The summed E-state index contributed by atoms with van der Waals surface area (Å²) in [6.07, 6.45) is 4.48. The van der Waals surface area contributed by atoms with Crippen LogP contribution in [0, 0.1) is 13.8 Å². The standard InChI is InChI=1S/C13H14N2O/c1-9-12(8-16)10(2)15(3)13(9)11-5-4-6-14-7-11/h4-8H,1-3H3. The number of carbonyl (C=O) groups is 1. The molecule has 0 aliphatic carbocycles. The highest BCUT2D eigenvalue weighted by Crippen LogP contribution is 2.28. The Balaban J connectivity index is 2.71. The number of aldehydes is 1. The molecular weight excluding hydrogens is 200 g/mol. The van der Waals surface area contributed by atoms with Crippen LogP contribution in [0.2, 0.25) is 0 Å². The average molecular weight is 214 g/mol. The molecule has 0 N–H and O–H groups in total. The maximum atomic E-state index is 11.0. The predicted molar refractivity (Wildman–Crippen MR) is 63.5 cm³/mol. The summed E-state index contributed by atoms with van der Waals surface area (Å²) < 4.78 is 2.04. The third-order valence-electron chi connectivity index (χ3n) is 3.04. The number of hydrogen-bond donors (Lipinski definition) is 0. The third-order valence-corrected chi connectivity index (χ3v) is 3.04. The first kappa shape index (κ1) is 10.6. The summed E-state index contributed by atoms with van der Waals surface area (Å²) in [5.74, 6) is 0. The largest absolute Gasteiger partial charge is 0.347 e. The molecule has 0 saturated carbocycles. The molecule has 0 amide bonds. The lowest BCUT2D eigenvalue weighted by atomic mass is 10.1. The van der Waals surface area contributed by atoms with E-state index in [4.69, 9.17) is 0 Å². The molecule has 0 spiro atoms. The lowest BCUT2D eigenvalue weighted by molar-refractivity contribution is 0.112. The average Bonchev–Trinajstić information content (AvgIpc) is 2.51. The molecule has 2 aromatic heterocycles. The van der Waals surface area contributed by atoms with Gasteiger partial charge in [0, 0.05) is 36.3 Å². The molecule has 0 atom stereocenters. The summed E-state index contributed by atoms with van der Waals surface area (Å²) in [7, 11) is 1.97. The predicted octanol–water partition coefficient (Wildman–Crippen LogP) is 2.52. The zero-order chi connectivity index (χ0) is 11.7. The molecule has 2 heterocycles. The lowest BCUT2D eigenvalue weighted by Gasteiger charge is -2.05. The lowest BCUT2D eigenvalue weighted by Crippen LogP contribution is -1.95. The highest BCUT2D eigenvalue weighted by Gasteiger charge is 2.15. The molecule has 0 aliphatic heterocycles. The fraction of sp³-hybridized carbons (Fsp3) is 0.231. The van der Waals surface area contributed by atoms with E-state index in [2.05, 4.69) is 4.98 Å². The zero-order valence-electron chi connectivity index (χ0n) is 9.69. The molecule has 0 aliphatic rings. The fourth-order valence-corrected chi connectivity index (χ4v) is 2.09. The second-order valence-corrected chi connectivity index (χ2v) is 3.89. The Morgan fingerprint density at radius 1 is 1.38 bits per heavy atom. The number of nitrogens with zero attached hydrogens (tertiary/aromatic N) is 2. The Hall–Kier alpha value is -1.90. The van der Waals surface area contributed by atoms with Gasteiger partial charge in [0.1, 0.15) is 0 Å². The molecule has 0 unspecified atom stereocenters. The molecule has 2 aromatic rings. The van der Waals surface area contributed by atoms with Crippen LogP contribution in [-0.4, -0.2) is 15.8 Å². The van der Waals surface area contributed by atoms with Crippen molar-refractivity contribution in [2.45, 2.75) is 13.8 Å². The van der Waals surface area contributed by atoms with Crippen LogP contribution in [0.5, 0.6) is 0 Å². The Kier molecular flexibility index (Phi) is 2.60. The van der Waals surface area contributed by atoms with Crippen LogP contribution in [0.1, 0.15) is 21.6 Å². The quantitative estimate of drug-likeness (QED) is 0.720. The van der Waals surface area contributed by atoms with E-state index in [1.165, 1.54) is 0 Å². The minimum absolute atomic E-state index is 0.779. The third kappa shape index (κ3) is 1.45. The highest BCUT2D eigenvalue weighted by molar-refractivity contribution is 5.84. The summed E-state index contributed by atoms with van der Waals surface area (Å²) in [6.45, 7) is 3.93. The van der Waals surface area contributed by atoms with Gasteiger partial charge in [-0.15, -0.1) is 0 Å². The normalized spacial score (nSPS) is 10.4. The first-order valence-electron chi connectivity index (χ1n) is 5.18.